The maximum Gasteiger partial charge on any atom is 0.0989 e. The molecule has 0 atom stereocenters. The number of hydrogen-bond donors (Lipinski definition) is 1. The monoisotopic (exact) mass is 263 g/mol. The lowest BCUT2D eigenvalue weighted by molar-refractivity contribution is 0.113. The average molecular weight is 263 g/mol. The molecule has 0 radical (unpaired) electrons. The molecule has 0 unspecified atom stereocenters. The quantitative estimate of drug-likeness (QED) is 0.613. The molecule has 3 fully saturated rings. The summed E-state index contributed by atoms with van der Waals surface area (Å²) < 4.78 is 0. The lowest BCUT2D eigenvalue weighted by Gasteiger charge is -2.41. The molecule has 0 aromatic rings. The second kappa shape index (κ2) is 6.25. The smallest absolute Gasteiger partial charge is 0.0989 e. The van der Waals surface area contributed by atoms with Gasteiger partial charge in [-0.15, -0.1) is 0 Å². The van der Waals surface area contributed by atoms with E-state index < -0.39 is 0 Å². The molecule has 2 heterocycles. The first-order valence-corrected chi connectivity index (χ1v) is 8.42. The van der Waals surface area contributed by atoms with Crippen molar-refractivity contribution < 1.29 is 0 Å². The van der Waals surface area contributed by atoms with Gasteiger partial charge in [-0.2, -0.15) is 0 Å². The van der Waals surface area contributed by atoms with Gasteiger partial charge in [0.25, 0.3) is 0 Å². The number of likely N-dealkylation sites (tertiary alicyclic amines) is 2. The third kappa shape index (κ3) is 3.13. The van der Waals surface area contributed by atoms with E-state index in [1.165, 1.54) is 70.9 Å². The summed E-state index contributed by atoms with van der Waals surface area (Å²) >= 11 is 0. The van der Waals surface area contributed by atoms with Gasteiger partial charge in [-0.25, -0.2) is 0 Å². The minimum absolute atomic E-state index is 0.589. The van der Waals surface area contributed by atoms with E-state index in [2.05, 4.69) is 9.80 Å². The van der Waals surface area contributed by atoms with Crippen molar-refractivity contribution in [1.82, 2.24) is 9.80 Å². The molecule has 19 heavy (non-hydrogen) atoms. The lowest BCUT2D eigenvalue weighted by Crippen LogP contribution is -2.49. The zero-order chi connectivity index (χ0) is 13.1. The van der Waals surface area contributed by atoms with Crippen molar-refractivity contribution in [2.24, 2.45) is 5.92 Å². The summed E-state index contributed by atoms with van der Waals surface area (Å²) in [6, 6.07) is 0.813. The molecule has 1 saturated carbocycles. The normalized spacial score (nSPS) is 27.9. The third-order valence-electron chi connectivity index (χ3n) is 5.45. The fraction of sp³-hybridized carbons (Fsp3) is 0.938. The van der Waals surface area contributed by atoms with E-state index in [-0.39, 0.29) is 0 Å². The van der Waals surface area contributed by atoms with E-state index in [0.717, 1.165) is 25.0 Å². The predicted molar refractivity (Wildman–Crippen MR) is 79.7 cm³/mol. The summed E-state index contributed by atoms with van der Waals surface area (Å²) in [5, 5.41) is 8.40. The van der Waals surface area contributed by atoms with Gasteiger partial charge in [-0.3, -0.25) is 5.41 Å². The Hall–Kier alpha value is -0.570. The Morgan fingerprint density at radius 3 is 2.00 bits per heavy atom. The second-order valence-corrected chi connectivity index (χ2v) is 6.68. The molecule has 0 spiro atoms. The van der Waals surface area contributed by atoms with Gasteiger partial charge in [0, 0.05) is 25.0 Å². The Kier molecular flexibility index (Phi) is 4.42. The van der Waals surface area contributed by atoms with Crippen LogP contribution < -0.4 is 0 Å². The van der Waals surface area contributed by atoms with Crippen molar-refractivity contribution in [2.45, 2.75) is 63.8 Å². The van der Waals surface area contributed by atoms with Gasteiger partial charge in [-0.05, 0) is 51.6 Å². The molecule has 108 valence electrons. The molecule has 0 aromatic heterocycles. The maximum absolute atomic E-state index is 8.40. The van der Waals surface area contributed by atoms with Crippen LogP contribution in [-0.2, 0) is 0 Å². The maximum atomic E-state index is 8.40. The van der Waals surface area contributed by atoms with Crippen LogP contribution >= 0.6 is 0 Å². The van der Waals surface area contributed by atoms with Crippen LogP contribution in [0.5, 0.6) is 0 Å². The number of nitrogens with zero attached hydrogens (tertiary/aromatic N) is 2. The molecular weight excluding hydrogens is 234 g/mol. The summed E-state index contributed by atoms with van der Waals surface area (Å²) in [5.41, 5.74) is 0. The first kappa shape index (κ1) is 13.4. The van der Waals surface area contributed by atoms with Gasteiger partial charge in [-0.1, -0.05) is 19.3 Å². The van der Waals surface area contributed by atoms with Crippen LogP contribution in [0.25, 0.3) is 0 Å². The van der Waals surface area contributed by atoms with Crippen LogP contribution in [0.1, 0.15) is 57.8 Å². The topological polar surface area (TPSA) is 30.3 Å². The van der Waals surface area contributed by atoms with E-state index in [1.54, 1.807) is 0 Å². The Balaban J connectivity index is 1.47. The van der Waals surface area contributed by atoms with E-state index in [1.807, 2.05) is 0 Å². The number of amidine groups is 1. The first-order valence-electron chi connectivity index (χ1n) is 8.42. The third-order valence-corrected chi connectivity index (χ3v) is 5.45. The molecule has 1 aliphatic carbocycles. The van der Waals surface area contributed by atoms with Crippen LogP contribution in [0.2, 0.25) is 0 Å². The van der Waals surface area contributed by atoms with Gasteiger partial charge < -0.3 is 9.80 Å². The molecule has 2 saturated heterocycles. The van der Waals surface area contributed by atoms with Crippen molar-refractivity contribution in [3.63, 3.8) is 0 Å². The van der Waals surface area contributed by atoms with Crippen molar-refractivity contribution in [3.05, 3.63) is 0 Å². The highest BCUT2D eigenvalue weighted by atomic mass is 15.2. The summed E-state index contributed by atoms with van der Waals surface area (Å²) in [7, 11) is 0. The highest BCUT2D eigenvalue weighted by Gasteiger charge is 2.29. The van der Waals surface area contributed by atoms with Crippen LogP contribution in [0, 0.1) is 11.3 Å². The van der Waals surface area contributed by atoms with Crippen molar-refractivity contribution in [2.75, 3.05) is 26.2 Å². The fourth-order valence-electron chi connectivity index (χ4n) is 4.21. The molecule has 0 bridgehead atoms. The standard InChI is InChI=1S/C16H29N3/c17-16(14-6-2-3-7-14)19-12-8-15(9-13-19)18-10-4-1-5-11-18/h14-15,17H,1-13H2. The van der Waals surface area contributed by atoms with Crippen LogP contribution in [0.4, 0.5) is 0 Å². The van der Waals surface area contributed by atoms with Gasteiger partial charge in [0.1, 0.15) is 0 Å². The predicted octanol–water partition coefficient (Wildman–Crippen LogP) is 3.10. The van der Waals surface area contributed by atoms with Crippen LogP contribution in [0.3, 0.4) is 0 Å². The highest BCUT2D eigenvalue weighted by molar-refractivity contribution is 5.82. The number of piperidine rings is 2. The SMILES string of the molecule is N=C(C1CCCC1)N1CCC(N2CCCCC2)CC1. The Morgan fingerprint density at radius 2 is 1.37 bits per heavy atom. The Bertz CT molecular complexity index is 295. The number of nitrogens with one attached hydrogen (secondary N) is 1. The van der Waals surface area contributed by atoms with Gasteiger partial charge >= 0.3 is 0 Å². The summed E-state index contributed by atoms with van der Waals surface area (Å²) in [4.78, 5) is 5.11. The minimum Gasteiger partial charge on any atom is -0.360 e. The summed E-state index contributed by atoms with van der Waals surface area (Å²) in [6.45, 7) is 4.92. The number of hydrogen-bond acceptors (Lipinski definition) is 2. The second-order valence-electron chi connectivity index (χ2n) is 6.68. The molecule has 3 aliphatic rings. The molecule has 0 amide bonds. The van der Waals surface area contributed by atoms with Crippen molar-refractivity contribution in [3.8, 4) is 0 Å². The van der Waals surface area contributed by atoms with Crippen LogP contribution in [-0.4, -0.2) is 47.9 Å². The molecule has 2 aliphatic heterocycles. The minimum atomic E-state index is 0.589. The van der Waals surface area contributed by atoms with E-state index in [0.29, 0.717) is 5.92 Å². The Labute approximate surface area is 117 Å². The van der Waals surface area contributed by atoms with Crippen molar-refractivity contribution in [1.29, 1.82) is 5.41 Å². The molecule has 3 rings (SSSR count). The summed E-state index contributed by atoms with van der Waals surface area (Å²) in [5.74, 6) is 1.56. The largest absolute Gasteiger partial charge is 0.360 e. The molecule has 3 heteroatoms. The summed E-state index contributed by atoms with van der Waals surface area (Å²) in [6.07, 6.45) is 12.0. The molecule has 0 aromatic carbocycles. The van der Waals surface area contributed by atoms with Crippen molar-refractivity contribution >= 4 is 5.84 Å². The van der Waals surface area contributed by atoms with E-state index in [4.69, 9.17) is 5.41 Å². The van der Waals surface area contributed by atoms with E-state index in [9.17, 15) is 0 Å². The molecular formula is C16H29N3. The fourth-order valence-corrected chi connectivity index (χ4v) is 4.21. The first-order chi connectivity index (χ1) is 9.34. The lowest BCUT2D eigenvalue weighted by atomic mass is 9.98. The zero-order valence-electron chi connectivity index (χ0n) is 12.2. The number of rotatable bonds is 2. The van der Waals surface area contributed by atoms with Crippen LogP contribution in [0.15, 0.2) is 0 Å². The molecule has 3 nitrogen and oxygen atoms in total. The van der Waals surface area contributed by atoms with Gasteiger partial charge in [0.15, 0.2) is 0 Å². The molecule has 1 N–H and O–H groups in total. The Morgan fingerprint density at radius 1 is 0.737 bits per heavy atom. The van der Waals surface area contributed by atoms with E-state index >= 15 is 0 Å². The zero-order valence-corrected chi connectivity index (χ0v) is 12.2. The van der Waals surface area contributed by atoms with Gasteiger partial charge in [0.2, 0.25) is 0 Å². The van der Waals surface area contributed by atoms with Gasteiger partial charge in [0.05, 0.1) is 5.84 Å². The highest BCUT2D eigenvalue weighted by Crippen LogP contribution is 2.28. The average Bonchev–Trinajstić information content (AvgIpc) is 3.02.